The maximum atomic E-state index is 5.03. The highest BCUT2D eigenvalue weighted by Crippen LogP contribution is 2.30. The molecule has 2 nitrogen and oxygen atoms in total. The third-order valence-electron chi connectivity index (χ3n) is 1.76. The molecule has 1 aromatic rings. The predicted octanol–water partition coefficient (Wildman–Crippen LogP) is 2.32. The van der Waals surface area contributed by atoms with Crippen LogP contribution in [0.1, 0.15) is 11.1 Å². The quantitative estimate of drug-likeness (QED) is 0.608. The lowest BCUT2D eigenvalue weighted by molar-refractivity contribution is 0.380. The zero-order chi connectivity index (χ0) is 7.84. The van der Waals surface area contributed by atoms with Crippen molar-refractivity contribution in [1.29, 1.82) is 0 Å². The smallest absolute Gasteiger partial charge is 0.157 e. The first-order valence-electron chi connectivity index (χ1n) is 3.50. The van der Waals surface area contributed by atoms with Gasteiger partial charge in [0.25, 0.3) is 0 Å². The van der Waals surface area contributed by atoms with Crippen LogP contribution in [-0.2, 0) is 4.84 Å². The van der Waals surface area contributed by atoms with E-state index >= 15 is 0 Å². The fourth-order valence-electron chi connectivity index (χ4n) is 1.15. The molecular weight excluding hydrogens is 138 g/mol. The summed E-state index contributed by atoms with van der Waals surface area (Å²) < 4.78 is 0. The summed E-state index contributed by atoms with van der Waals surface area (Å²) in [5.41, 5.74) is 6.06. The van der Waals surface area contributed by atoms with Crippen LogP contribution in [0.15, 0.2) is 24.8 Å². The molecule has 1 N–H and O–H groups in total. The summed E-state index contributed by atoms with van der Waals surface area (Å²) in [5, 5.41) is 0. The Balaban J connectivity index is 2.60. The van der Waals surface area contributed by atoms with Gasteiger partial charge >= 0.3 is 0 Å². The van der Waals surface area contributed by atoms with E-state index in [-0.39, 0.29) is 0 Å². The van der Waals surface area contributed by atoms with Crippen LogP contribution in [0.3, 0.4) is 0 Å². The average Bonchev–Trinajstić information content (AvgIpc) is 2.33. The fourth-order valence-corrected chi connectivity index (χ4v) is 1.15. The van der Waals surface area contributed by atoms with Gasteiger partial charge < -0.3 is 4.84 Å². The van der Waals surface area contributed by atoms with Crippen LogP contribution in [0.5, 0.6) is 0 Å². The number of rotatable bonds is 0. The second kappa shape index (κ2) is 2.02. The molecule has 11 heavy (non-hydrogen) atoms. The van der Waals surface area contributed by atoms with E-state index in [0.29, 0.717) is 5.76 Å². The number of anilines is 1. The van der Waals surface area contributed by atoms with Crippen LogP contribution in [0.25, 0.3) is 5.76 Å². The second-order valence-corrected chi connectivity index (χ2v) is 2.68. The monoisotopic (exact) mass is 147 g/mol. The maximum absolute atomic E-state index is 5.03. The number of benzene rings is 1. The molecule has 0 amide bonds. The summed E-state index contributed by atoms with van der Waals surface area (Å²) in [6, 6.07) is 6.08. The van der Waals surface area contributed by atoms with Crippen molar-refractivity contribution >= 4 is 11.4 Å². The molecule has 0 bridgehead atoms. The summed E-state index contributed by atoms with van der Waals surface area (Å²) in [6.45, 7) is 5.80. The number of aryl methyl sites for hydroxylation is 1. The highest BCUT2D eigenvalue weighted by molar-refractivity contribution is 5.75. The SMILES string of the molecule is C=C1ONc2ccc(C)cc21. The number of fused-ring (bicyclic) bond motifs is 1. The van der Waals surface area contributed by atoms with Crippen LogP contribution < -0.4 is 5.48 Å². The Morgan fingerprint density at radius 1 is 1.45 bits per heavy atom. The lowest BCUT2D eigenvalue weighted by Crippen LogP contribution is -1.85. The summed E-state index contributed by atoms with van der Waals surface area (Å²) >= 11 is 0. The average molecular weight is 147 g/mol. The van der Waals surface area contributed by atoms with Crippen molar-refractivity contribution in [2.24, 2.45) is 0 Å². The predicted molar refractivity (Wildman–Crippen MR) is 44.9 cm³/mol. The van der Waals surface area contributed by atoms with Gasteiger partial charge in [0.2, 0.25) is 0 Å². The normalized spacial score (nSPS) is 13.7. The molecule has 0 aliphatic carbocycles. The molecule has 2 heteroatoms. The van der Waals surface area contributed by atoms with Crippen molar-refractivity contribution < 1.29 is 4.84 Å². The maximum Gasteiger partial charge on any atom is 0.157 e. The summed E-state index contributed by atoms with van der Waals surface area (Å²) in [5.74, 6) is 0.698. The van der Waals surface area contributed by atoms with Crippen LogP contribution in [0.4, 0.5) is 5.69 Å². The van der Waals surface area contributed by atoms with Gasteiger partial charge in [-0.15, -0.1) is 0 Å². The highest BCUT2D eigenvalue weighted by Gasteiger charge is 2.14. The zero-order valence-corrected chi connectivity index (χ0v) is 6.35. The summed E-state index contributed by atoms with van der Waals surface area (Å²) in [6.07, 6.45) is 0. The molecule has 0 saturated carbocycles. The van der Waals surface area contributed by atoms with Crippen LogP contribution >= 0.6 is 0 Å². The van der Waals surface area contributed by atoms with Crippen molar-refractivity contribution in [2.45, 2.75) is 6.92 Å². The van der Waals surface area contributed by atoms with E-state index in [1.165, 1.54) is 5.56 Å². The Bertz CT molecular complexity index is 317. The van der Waals surface area contributed by atoms with Crippen molar-refractivity contribution in [3.63, 3.8) is 0 Å². The van der Waals surface area contributed by atoms with Crippen molar-refractivity contribution in [1.82, 2.24) is 0 Å². The zero-order valence-electron chi connectivity index (χ0n) is 6.35. The molecule has 0 unspecified atom stereocenters. The molecule has 0 spiro atoms. The second-order valence-electron chi connectivity index (χ2n) is 2.68. The molecule has 0 atom stereocenters. The Morgan fingerprint density at radius 3 is 3.09 bits per heavy atom. The van der Waals surface area contributed by atoms with E-state index in [0.717, 1.165) is 11.3 Å². The lowest BCUT2D eigenvalue weighted by atomic mass is 10.1. The van der Waals surface area contributed by atoms with Crippen LogP contribution in [0, 0.1) is 6.92 Å². The molecular formula is C9H9NO. The molecule has 0 fully saturated rings. The third-order valence-corrected chi connectivity index (χ3v) is 1.76. The van der Waals surface area contributed by atoms with E-state index < -0.39 is 0 Å². The van der Waals surface area contributed by atoms with Gasteiger partial charge in [-0.25, -0.2) is 5.48 Å². The topological polar surface area (TPSA) is 21.3 Å². The molecule has 56 valence electrons. The van der Waals surface area contributed by atoms with E-state index in [2.05, 4.69) is 18.1 Å². The van der Waals surface area contributed by atoms with Gasteiger partial charge in [0.15, 0.2) is 5.76 Å². The molecule has 1 heterocycles. The molecule has 0 aromatic heterocycles. The number of nitrogens with one attached hydrogen (secondary N) is 1. The molecule has 0 radical (unpaired) electrons. The van der Waals surface area contributed by atoms with Gasteiger partial charge in [0, 0.05) is 5.56 Å². The fraction of sp³-hybridized carbons (Fsp3) is 0.111. The first-order chi connectivity index (χ1) is 5.27. The van der Waals surface area contributed by atoms with E-state index in [1.54, 1.807) is 0 Å². The molecule has 1 aromatic carbocycles. The van der Waals surface area contributed by atoms with Crippen LogP contribution in [0.2, 0.25) is 0 Å². The van der Waals surface area contributed by atoms with Gasteiger partial charge in [0.05, 0.1) is 5.69 Å². The Kier molecular flexibility index (Phi) is 1.15. The van der Waals surface area contributed by atoms with Crippen molar-refractivity contribution in [3.05, 3.63) is 35.9 Å². The van der Waals surface area contributed by atoms with Gasteiger partial charge in [-0.3, -0.25) is 0 Å². The van der Waals surface area contributed by atoms with Crippen molar-refractivity contribution in [3.8, 4) is 0 Å². The summed E-state index contributed by atoms with van der Waals surface area (Å²) in [4.78, 5) is 5.03. The van der Waals surface area contributed by atoms with Gasteiger partial charge in [0.1, 0.15) is 0 Å². The summed E-state index contributed by atoms with van der Waals surface area (Å²) in [7, 11) is 0. The first kappa shape index (κ1) is 6.28. The highest BCUT2D eigenvalue weighted by atomic mass is 16.7. The third kappa shape index (κ3) is 0.871. The minimum atomic E-state index is 0.698. The largest absolute Gasteiger partial charge is 0.382 e. The van der Waals surface area contributed by atoms with Gasteiger partial charge in [-0.2, -0.15) is 0 Å². The number of hydrogen-bond acceptors (Lipinski definition) is 2. The lowest BCUT2D eigenvalue weighted by Gasteiger charge is -1.95. The number of hydrogen-bond donors (Lipinski definition) is 1. The first-order valence-corrected chi connectivity index (χ1v) is 3.50. The Hall–Kier alpha value is -1.44. The van der Waals surface area contributed by atoms with E-state index in [4.69, 9.17) is 4.84 Å². The molecule has 1 aliphatic heterocycles. The van der Waals surface area contributed by atoms with Gasteiger partial charge in [-0.1, -0.05) is 18.2 Å². The molecule has 0 saturated heterocycles. The Morgan fingerprint density at radius 2 is 2.27 bits per heavy atom. The molecule has 2 rings (SSSR count). The minimum absolute atomic E-state index is 0.698. The van der Waals surface area contributed by atoms with Crippen LogP contribution in [-0.4, -0.2) is 0 Å². The van der Waals surface area contributed by atoms with Crippen molar-refractivity contribution in [2.75, 3.05) is 5.48 Å². The van der Waals surface area contributed by atoms with E-state index in [9.17, 15) is 0 Å². The molecule has 1 aliphatic rings. The van der Waals surface area contributed by atoms with Gasteiger partial charge in [-0.05, 0) is 19.1 Å². The van der Waals surface area contributed by atoms with E-state index in [1.807, 2.05) is 19.1 Å². The standard InChI is InChI=1S/C9H9NO/c1-6-3-4-9-8(5-6)7(2)11-10-9/h3-5,10H,2H2,1H3. The Labute approximate surface area is 65.4 Å². The minimum Gasteiger partial charge on any atom is -0.382 e.